The minimum atomic E-state index is -0.623. The number of nitrogens with zero attached hydrogens (tertiary/aromatic N) is 1. The number of ether oxygens (including phenoxy) is 2. The topological polar surface area (TPSA) is 21.7 Å². The average Bonchev–Trinajstić information content (AvgIpc) is 3.41. The fourth-order valence-electron chi connectivity index (χ4n) is 14.3. The minimum Gasteiger partial charge on any atom is -0.457 e. The second-order valence-electron chi connectivity index (χ2n) is 20.9. The molecule has 13 aromatic rings. The molecular formula is C74H45NO2S. The van der Waals surface area contributed by atoms with Gasteiger partial charge in [0, 0.05) is 59.4 Å². The minimum absolute atomic E-state index is 0.576. The van der Waals surface area contributed by atoms with E-state index in [9.17, 15) is 0 Å². The van der Waals surface area contributed by atoms with Gasteiger partial charge in [0.25, 0.3) is 0 Å². The summed E-state index contributed by atoms with van der Waals surface area (Å²) in [6.45, 7) is 0. The van der Waals surface area contributed by atoms with Crippen molar-refractivity contribution in [3.8, 4) is 67.5 Å². The summed E-state index contributed by atoms with van der Waals surface area (Å²) in [6.07, 6.45) is 0. The number of thiophene rings is 1. The van der Waals surface area contributed by atoms with Gasteiger partial charge >= 0.3 is 0 Å². The van der Waals surface area contributed by atoms with Crippen molar-refractivity contribution in [1.82, 2.24) is 0 Å². The summed E-state index contributed by atoms with van der Waals surface area (Å²) in [6, 6.07) is 100. The number of para-hydroxylation sites is 4. The first-order valence-electron chi connectivity index (χ1n) is 26.8. The Morgan fingerprint density at radius 2 is 0.744 bits per heavy atom. The molecule has 4 aliphatic rings. The molecule has 12 aromatic carbocycles. The maximum absolute atomic E-state index is 6.77. The molecule has 0 bridgehead atoms. The number of rotatable bonds is 5. The molecule has 0 N–H and O–H groups in total. The lowest BCUT2D eigenvalue weighted by molar-refractivity contribution is 0.436. The SMILES string of the molecule is c1cc(-c2cccc3c2-c2ccccc2C32c3ccccc3Oc3ccccc32)cc(N(c2ccc(-c3cccc4sc5ccccc5c34)cc2)c2cccc3c2-c2ccccc2C32c3ccccc3Oc3ccccc32)c1. The summed E-state index contributed by atoms with van der Waals surface area (Å²) in [5.41, 5.74) is 21.3. The highest BCUT2D eigenvalue weighted by Gasteiger charge is 2.53. The predicted octanol–water partition coefficient (Wildman–Crippen LogP) is 19.8. The van der Waals surface area contributed by atoms with Crippen LogP contribution in [0.25, 0.3) is 64.7 Å². The van der Waals surface area contributed by atoms with Crippen LogP contribution in [0.5, 0.6) is 23.0 Å². The summed E-state index contributed by atoms with van der Waals surface area (Å²) in [5, 5.41) is 2.60. The molecule has 0 radical (unpaired) electrons. The predicted molar refractivity (Wildman–Crippen MR) is 320 cm³/mol. The van der Waals surface area contributed by atoms with Gasteiger partial charge in [-0.15, -0.1) is 11.3 Å². The van der Waals surface area contributed by atoms with E-state index in [0.29, 0.717) is 0 Å². The van der Waals surface area contributed by atoms with Gasteiger partial charge in [-0.3, -0.25) is 0 Å². The zero-order chi connectivity index (χ0) is 51.1. The number of hydrogen-bond acceptors (Lipinski definition) is 4. The Kier molecular flexibility index (Phi) is 9.14. The number of fused-ring (bicyclic) bond motifs is 21. The third kappa shape index (κ3) is 5.76. The first-order chi connectivity index (χ1) is 38.7. The van der Waals surface area contributed by atoms with Gasteiger partial charge < -0.3 is 14.4 Å². The molecule has 0 unspecified atom stereocenters. The van der Waals surface area contributed by atoms with E-state index in [-0.39, 0.29) is 0 Å². The van der Waals surface area contributed by atoms with Crippen molar-refractivity contribution < 1.29 is 9.47 Å². The van der Waals surface area contributed by atoms with E-state index in [1.165, 1.54) is 81.4 Å². The lowest BCUT2D eigenvalue weighted by atomic mass is 9.66. The molecule has 17 rings (SSSR count). The van der Waals surface area contributed by atoms with Crippen LogP contribution in [0.15, 0.2) is 273 Å². The van der Waals surface area contributed by atoms with E-state index in [1.807, 2.05) is 11.3 Å². The highest BCUT2D eigenvalue weighted by atomic mass is 32.1. The van der Waals surface area contributed by atoms with Crippen LogP contribution in [0, 0.1) is 0 Å². The third-order valence-corrected chi connectivity index (χ3v) is 18.4. The van der Waals surface area contributed by atoms with Crippen molar-refractivity contribution in [2.75, 3.05) is 4.90 Å². The molecule has 0 saturated carbocycles. The summed E-state index contributed by atoms with van der Waals surface area (Å²) in [5.74, 6) is 3.54. The summed E-state index contributed by atoms with van der Waals surface area (Å²) < 4.78 is 16.1. The van der Waals surface area contributed by atoms with Crippen molar-refractivity contribution in [1.29, 1.82) is 0 Å². The Balaban J connectivity index is 0.903. The second-order valence-corrected chi connectivity index (χ2v) is 22.0. The Labute approximate surface area is 456 Å². The maximum atomic E-state index is 6.77. The zero-order valence-electron chi connectivity index (χ0n) is 42.2. The van der Waals surface area contributed by atoms with Gasteiger partial charge in [0.2, 0.25) is 0 Å². The molecule has 3 nitrogen and oxygen atoms in total. The van der Waals surface area contributed by atoms with Crippen LogP contribution in [0.1, 0.15) is 44.5 Å². The molecule has 4 heteroatoms. The quantitative estimate of drug-likeness (QED) is 0.171. The van der Waals surface area contributed by atoms with Crippen molar-refractivity contribution in [3.05, 3.63) is 317 Å². The molecule has 3 heterocycles. The monoisotopic (exact) mass is 1010 g/mol. The van der Waals surface area contributed by atoms with Crippen LogP contribution >= 0.6 is 11.3 Å². The van der Waals surface area contributed by atoms with E-state index >= 15 is 0 Å². The van der Waals surface area contributed by atoms with Crippen LogP contribution in [-0.2, 0) is 10.8 Å². The van der Waals surface area contributed by atoms with E-state index in [1.54, 1.807) is 0 Å². The summed E-state index contributed by atoms with van der Waals surface area (Å²) >= 11 is 1.86. The van der Waals surface area contributed by atoms with E-state index in [2.05, 4.69) is 278 Å². The van der Waals surface area contributed by atoms with Crippen LogP contribution < -0.4 is 14.4 Å². The summed E-state index contributed by atoms with van der Waals surface area (Å²) in [7, 11) is 0. The molecule has 2 spiro atoms. The number of anilines is 3. The van der Waals surface area contributed by atoms with Gasteiger partial charge in [0.15, 0.2) is 0 Å². The fourth-order valence-corrected chi connectivity index (χ4v) is 15.4. The van der Waals surface area contributed by atoms with Crippen molar-refractivity contribution in [2.24, 2.45) is 0 Å². The van der Waals surface area contributed by atoms with Gasteiger partial charge in [0.05, 0.1) is 16.5 Å². The molecular weight excluding hydrogens is 967 g/mol. The smallest absolute Gasteiger partial charge is 0.132 e. The lowest BCUT2D eigenvalue weighted by Gasteiger charge is -2.39. The van der Waals surface area contributed by atoms with Crippen LogP contribution in [0.2, 0.25) is 0 Å². The molecule has 2 aliphatic carbocycles. The molecule has 364 valence electrons. The van der Waals surface area contributed by atoms with Crippen molar-refractivity contribution in [2.45, 2.75) is 10.8 Å². The van der Waals surface area contributed by atoms with Gasteiger partial charge in [-0.05, 0) is 128 Å². The maximum Gasteiger partial charge on any atom is 0.132 e. The third-order valence-electron chi connectivity index (χ3n) is 17.2. The Hall–Kier alpha value is -9.74. The van der Waals surface area contributed by atoms with Crippen LogP contribution in [0.3, 0.4) is 0 Å². The van der Waals surface area contributed by atoms with E-state index in [4.69, 9.17) is 9.47 Å². The van der Waals surface area contributed by atoms with Crippen molar-refractivity contribution in [3.63, 3.8) is 0 Å². The average molecular weight is 1010 g/mol. The highest BCUT2D eigenvalue weighted by Crippen LogP contribution is 2.66. The highest BCUT2D eigenvalue weighted by molar-refractivity contribution is 7.25. The summed E-state index contributed by atoms with van der Waals surface area (Å²) in [4.78, 5) is 2.50. The van der Waals surface area contributed by atoms with Gasteiger partial charge in [-0.25, -0.2) is 0 Å². The molecule has 0 atom stereocenters. The molecule has 0 fully saturated rings. The molecule has 2 aliphatic heterocycles. The molecule has 78 heavy (non-hydrogen) atoms. The Morgan fingerprint density at radius 3 is 1.37 bits per heavy atom. The second kappa shape index (κ2) is 16.4. The number of hydrogen-bond donors (Lipinski definition) is 0. The first-order valence-corrected chi connectivity index (χ1v) is 27.6. The van der Waals surface area contributed by atoms with Crippen molar-refractivity contribution >= 4 is 48.6 Å². The largest absolute Gasteiger partial charge is 0.457 e. The molecule has 0 saturated heterocycles. The number of benzene rings is 12. The Morgan fingerprint density at radius 1 is 0.295 bits per heavy atom. The van der Waals surface area contributed by atoms with E-state index in [0.717, 1.165) is 67.9 Å². The van der Waals surface area contributed by atoms with Gasteiger partial charge in [0.1, 0.15) is 23.0 Å². The first kappa shape index (κ1) is 43.5. The zero-order valence-corrected chi connectivity index (χ0v) is 43.0. The standard InChI is InChI=1S/C74H45NO2S/c1-4-26-55-52(21-1)70-51(24-16-32-61(70)73(55)57-28-6-10-35-64(57)76-65-36-11-7-29-58(65)73)47-19-15-20-49(45-47)75(48-43-41-46(42-44-48)50-25-17-40-69-71(50)54-23-3-14-39-68(54)78-69)63-34-18-33-62-72(63)53-22-2-5-27-56(53)74(62)59-30-8-12-37-66(59)77-67-38-13-9-31-60(67)74/h1-45H. The normalized spacial score (nSPS) is 14.1. The van der Waals surface area contributed by atoms with Gasteiger partial charge in [-0.1, -0.05) is 206 Å². The Bertz CT molecular complexity index is 4570. The van der Waals surface area contributed by atoms with Crippen LogP contribution in [0.4, 0.5) is 17.1 Å². The molecule has 0 amide bonds. The van der Waals surface area contributed by atoms with E-state index < -0.39 is 10.8 Å². The van der Waals surface area contributed by atoms with Gasteiger partial charge in [-0.2, -0.15) is 0 Å². The van der Waals surface area contributed by atoms with Crippen LogP contribution in [-0.4, -0.2) is 0 Å². The molecule has 1 aromatic heterocycles. The lowest BCUT2D eigenvalue weighted by Crippen LogP contribution is -2.32. The fraction of sp³-hybridized carbons (Fsp3) is 0.0270.